The SMILES string of the molecule is CC(=O)Nc1nc(C)c(-c2ccc(S(=O)(=O)NC3CC3)o2)s1.[HH].[HH]. The number of sulfonamides is 1. The number of hydrogen-bond acceptors (Lipinski definition) is 6. The Kier molecular flexibility index (Phi) is 3.79. The van der Waals surface area contributed by atoms with E-state index in [1.165, 1.54) is 24.3 Å². The van der Waals surface area contributed by atoms with Gasteiger partial charge in [-0.25, -0.2) is 18.1 Å². The van der Waals surface area contributed by atoms with Crippen LogP contribution in [0, 0.1) is 6.92 Å². The van der Waals surface area contributed by atoms with Crippen LogP contribution in [0.25, 0.3) is 10.6 Å². The van der Waals surface area contributed by atoms with Crippen molar-refractivity contribution in [1.29, 1.82) is 0 Å². The summed E-state index contributed by atoms with van der Waals surface area (Å²) in [6.45, 7) is 3.17. The molecule has 1 saturated carbocycles. The van der Waals surface area contributed by atoms with Gasteiger partial charge in [-0.15, -0.1) is 0 Å². The molecule has 1 aliphatic rings. The van der Waals surface area contributed by atoms with Gasteiger partial charge in [0.1, 0.15) is 5.76 Å². The number of rotatable bonds is 5. The summed E-state index contributed by atoms with van der Waals surface area (Å²) in [4.78, 5) is 16.0. The number of anilines is 1. The summed E-state index contributed by atoms with van der Waals surface area (Å²) >= 11 is 1.24. The number of thiazole rings is 1. The second kappa shape index (κ2) is 5.49. The molecule has 2 aromatic rings. The molecule has 0 aliphatic heterocycles. The molecule has 2 N–H and O–H groups in total. The number of hydrogen-bond donors (Lipinski definition) is 2. The number of nitrogens with zero attached hydrogens (tertiary/aromatic N) is 1. The van der Waals surface area contributed by atoms with E-state index in [1.54, 1.807) is 13.0 Å². The first-order valence-corrected chi connectivity index (χ1v) is 9.02. The number of aromatic nitrogens is 1. The minimum atomic E-state index is -3.61. The lowest BCUT2D eigenvalue weighted by Gasteiger charge is -2.01. The fourth-order valence-electron chi connectivity index (χ4n) is 1.89. The van der Waals surface area contributed by atoms with Crippen molar-refractivity contribution < 1.29 is 20.5 Å². The van der Waals surface area contributed by atoms with Crippen LogP contribution in [0.2, 0.25) is 0 Å². The molecule has 3 rings (SSSR count). The summed E-state index contributed by atoms with van der Waals surface area (Å²) in [5, 5.41) is 2.95. The van der Waals surface area contributed by atoms with E-state index < -0.39 is 10.0 Å². The molecule has 0 atom stereocenters. The van der Waals surface area contributed by atoms with Crippen molar-refractivity contribution in [2.24, 2.45) is 0 Å². The van der Waals surface area contributed by atoms with E-state index >= 15 is 0 Å². The first-order chi connectivity index (χ1) is 10.3. The van der Waals surface area contributed by atoms with Gasteiger partial charge in [-0.05, 0) is 31.9 Å². The Labute approximate surface area is 134 Å². The van der Waals surface area contributed by atoms with Gasteiger partial charge in [0.25, 0.3) is 10.0 Å². The Hall–Kier alpha value is -1.71. The van der Waals surface area contributed by atoms with Gasteiger partial charge >= 0.3 is 0 Å². The highest BCUT2D eigenvalue weighted by Crippen LogP contribution is 2.35. The van der Waals surface area contributed by atoms with E-state index in [0.717, 1.165) is 12.8 Å². The number of amides is 1. The first kappa shape index (κ1) is 15.2. The zero-order chi connectivity index (χ0) is 15.9. The molecule has 0 saturated heterocycles. The fourth-order valence-corrected chi connectivity index (χ4v) is 4.11. The van der Waals surface area contributed by atoms with Gasteiger partial charge in [0.05, 0.1) is 10.6 Å². The van der Waals surface area contributed by atoms with Crippen LogP contribution < -0.4 is 10.0 Å². The number of nitrogens with one attached hydrogen (secondary N) is 2. The highest BCUT2D eigenvalue weighted by molar-refractivity contribution is 7.89. The van der Waals surface area contributed by atoms with E-state index in [9.17, 15) is 13.2 Å². The molecular weight excluding hydrogens is 326 g/mol. The molecule has 7 nitrogen and oxygen atoms in total. The van der Waals surface area contributed by atoms with Crippen LogP contribution in [0.4, 0.5) is 5.13 Å². The van der Waals surface area contributed by atoms with Gasteiger partial charge < -0.3 is 9.73 Å². The van der Waals surface area contributed by atoms with Crippen LogP contribution in [0.5, 0.6) is 0 Å². The molecule has 1 fully saturated rings. The molecule has 0 unspecified atom stereocenters. The summed E-state index contributed by atoms with van der Waals surface area (Å²) < 4.78 is 32.2. The number of carbonyl (C=O) groups is 1. The summed E-state index contributed by atoms with van der Waals surface area (Å²) in [5.74, 6) is 0.208. The quantitative estimate of drug-likeness (QED) is 0.867. The zero-order valence-corrected chi connectivity index (χ0v) is 13.7. The summed E-state index contributed by atoms with van der Waals surface area (Å²) in [6.07, 6.45) is 1.72. The van der Waals surface area contributed by atoms with E-state index in [2.05, 4.69) is 15.0 Å². The lowest BCUT2D eigenvalue weighted by atomic mass is 10.3. The van der Waals surface area contributed by atoms with Crippen LogP contribution >= 0.6 is 11.3 Å². The summed E-state index contributed by atoms with van der Waals surface area (Å²) in [7, 11) is -3.61. The Morgan fingerprint density at radius 3 is 2.82 bits per heavy atom. The normalized spacial score (nSPS) is 15.0. The van der Waals surface area contributed by atoms with E-state index in [1.807, 2.05) is 0 Å². The summed E-state index contributed by atoms with van der Waals surface area (Å²) in [6, 6.07) is 3.05. The average molecular weight is 345 g/mol. The molecule has 122 valence electrons. The van der Waals surface area contributed by atoms with Gasteiger partial charge in [0, 0.05) is 15.8 Å². The maximum atomic E-state index is 12.1. The second-order valence-electron chi connectivity index (χ2n) is 5.13. The lowest BCUT2D eigenvalue weighted by molar-refractivity contribution is -0.114. The van der Waals surface area contributed by atoms with Gasteiger partial charge in [-0.3, -0.25) is 4.79 Å². The van der Waals surface area contributed by atoms with Crippen LogP contribution in [-0.4, -0.2) is 25.4 Å². The van der Waals surface area contributed by atoms with Crippen molar-refractivity contribution in [2.75, 3.05) is 5.32 Å². The Balaban J connectivity index is 0.00000144. The summed E-state index contributed by atoms with van der Waals surface area (Å²) in [5.41, 5.74) is 0.669. The highest BCUT2D eigenvalue weighted by Gasteiger charge is 2.30. The molecule has 2 aromatic heterocycles. The minimum absolute atomic E-state index is 0. The minimum Gasteiger partial charge on any atom is -0.442 e. The number of furan rings is 1. The third-order valence-electron chi connectivity index (χ3n) is 3.05. The van der Waals surface area contributed by atoms with E-state index in [4.69, 9.17) is 4.42 Å². The van der Waals surface area contributed by atoms with E-state index in [0.29, 0.717) is 21.5 Å². The second-order valence-corrected chi connectivity index (χ2v) is 7.77. The Morgan fingerprint density at radius 2 is 2.18 bits per heavy atom. The van der Waals surface area contributed by atoms with Gasteiger partial charge in [0.15, 0.2) is 5.13 Å². The van der Waals surface area contributed by atoms with E-state index in [-0.39, 0.29) is 19.9 Å². The van der Waals surface area contributed by atoms with Crippen molar-refractivity contribution in [1.82, 2.24) is 9.71 Å². The Bertz CT molecular complexity index is 828. The van der Waals surface area contributed by atoms with Crippen LogP contribution in [0.15, 0.2) is 21.6 Å². The molecule has 1 amide bonds. The molecular formula is C13H19N3O4S2. The van der Waals surface area contributed by atoms with Gasteiger partial charge in [-0.2, -0.15) is 0 Å². The monoisotopic (exact) mass is 345 g/mol. The topological polar surface area (TPSA) is 101 Å². The van der Waals surface area contributed by atoms with Crippen LogP contribution in [-0.2, 0) is 14.8 Å². The van der Waals surface area contributed by atoms with Crippen molar-refractivity contribution >= 4 is 32.4 Å². The van der Waals surface area contributed by atoms with Crippen molar-refractivity contribution in [3.63, 3.8) is 0 Å². The molecule has 0 radical (unpaired) electrons. The maximum Gasteiger partial charge on any atom is 0.274 e. The molecule has 1 aliphatic carbocycles. The van der Waals surface area contributed by atoms with Crippen molar-refractivity contribution in [3.8, 4) is 10.6 Å². The third-order valence-corrected chi connectivity index (χ3v) is 5.53. The molecule has 0 bridgehead atoms. The van der Waals surface area contributed by atoms with Crippen LogP contribution in [0.3, 0.4) is 0 Å². The third kappa shape index (κ3) is 3.21. The van der Waals surface area contributed by atoms with Crippen molar-refractivity contribution in [2.45, 2.75) is 37.8 Å². The van der Waals surface area contributed by atoms with Crippen LogP contribution in [0.1, 0.15) is 28.3 Å². The molecule has 9 heteroatoms. The average Bonchev–Trinajstić information content (AvgIpc) is 2.94. The predicted molar refractivity (Wildman–Crippen MR) is 86.4 cm³/mol. The van der Waals surface area contributed by atoms with Gasteiger partial charge in [0.2, 0.25) is 11.0 Å². The molecule has 0 spiro atoms. The molecule has 22 heavy (non-hydrogen) atoms. The van der Waals surface area contributed by atoms with Crippen molar-refractivity contribution in [3.05, 3.63) is 17.8 Å². The largest absolute Gasteiger partial charge is 0.442 e. The highest BCUT2D eigenvalue weighted by atomic mass is 32.2. The molecule has 0 aromatic carbocycles. The Morgan fingerprint density at radius 1 is 1.45 bits per heavy atom. The number of carbonyl (C=O) groups excluding carboxylic acids is 1. The standard InChI is InChI=1S/C13H15N3O4S2.2H2/c1-7-12(21-13(14-7)15-8(2)17)10-5-6-11(20-10)22(18,19)16-9-3-4-9;;/h5-6,9,16H,3-4H2,1-2H3,(H,14,15,17);2*1H. The smallest absolute Gasteiger partial charge is 0.274 e. The maximum absolute atomic E-state index is 12.1. The van der Waals surface area contributed by atoms with Gasteiger partial charge in [-0.1, -0.05) is 11.3 Å². The number of aryl methyl sites for hydroxylation is 1. The lowest BCUT2D eigenvalue weighted by Crippen LogP contribution is -2.25. The predicted octanol–water partition coefficient (Wildman–Crippen LogP) is 2.60. The fraction of sp³-hybridized carbons (Fsp3) is 0.385. The molecule has 2 heterocycles. The zero-order valence-electron chi connectivity index (χ0n) is 12.0. The first-order valence-electron chi connectivity index (χ1n) is 6.73.